The van der Waals surface area contributed by atoms with Gasteiger partial charge in [-0.25, -0.2) is 0 Å². The molecule has 2 aliphatic carbocycles. The highest BCUT2D eigenvalue weighted by Gasteiger charge is 2.52. The van der Waals surface area contributed by atoms with E-state index in [4.69, 9.17) is 0 Å². The Morgan fingerprint density at radius 3 is 1.69 bits per heavy atom. The molecule has 10 aromatic carbocycles. The summed E-state index contributed by atoms with van der Waals surface area (Å²) in [5.74, 6) is 0. The van der Waals surface area contributed by atoms with E-state index in [-0.39, 0.29) is 0 Å². The number of benzene rings is 10. The van der Waals surface area contributed by atoms with Crippen molar-refractivity contribution in [3.63, 3.8) is 0 Å². The highest BCUT2D eigenvalue weighted by atomic mass is 15.1. The minimum atomic E-state index is -0.440. The molecule has 0 fully saturated rings. The average molecular weight is 775 g/mol. The molecular formula is C59H38N2. The maximum atomic E-state index is 2.50. The van der Waals surface area contributed by atoms with Crippen molar-refractivity contribution in [2.45, 2.75) is 5.41 Å². The molecule has 0 unspecified atom stereocenters. The molecular weight excluding hydrogens is 737 g/mol. The minimum Gasteiger partial charge on any atom is -0.310 e. The summed E-state index contributed by atoms with van der Waals surface area (Å²) in [4.78, 5) is 2.50. The third kappa shape index (κ3) is 4.79. The van der Waals surface area contributed by atoms with Crippen LogP contribution in [0.1, 0.15) is 22.3 Å². The van der Waals surface area contributed by atoms with Crippen LogP contribution >= 0.6 is 0 Å². The Balaban J connectivity index is 1.08. The van der Waals surface area contributed by atoms with Crippen LogP contribution in [0.25, 0.3) is 71.6 Å². The smallest absolute Gasteiger partial charge is 0.0726 e. The maximum absolute atomic E-state index is 2.50. The lowest BCUT2D eigenvalue weighted by atomic mass is 9.70. The van der Waals surface area contributed by atoms with Gasteiger partial charge in [0.25, 0.3) is 0 Å². The van der Waals surface area contributed by atoms with Crippen LogP contribution in [0, 0.1) is 0 Å². The summed E-state index contributed by atoms with van der Waals surface area (Å²) >= 11 is 0. The zero-order valence-corrected chi connectivity index (χ0v) is 33.3. The van der Waals surface area contributed by atoms with E-state index in [1.54, 1.807) is 0 Å². The van der Waals surface area contributed by atoms with Gasteiger partial charge in [-0.3, -0.25) is 0 Å². The van der Waals surface area contributed by atoms with E-state index in [1.807, 2.05) is 0 Å². The number of para-hydroxylation sites is 2. The maximum Gasteiger partial charge on any atom is 0.0726 e. The second-order valence-corrected chi connectivity index (χ2v) is 16.4. The molecule has 0 aliphatic heterocycles. The van der Waals surface area contributed by atoms with Gasteiger partial charge in [-0.15, -0.1) is 0 Å². The van der Waals surface area contributed by atoms with E-state index >= 15 is 0 Å². The molecule has 0 atom stereocenters. The van der Waals surface area contributed by atoms with E-state index in [2.05, 4.69) is 240 Å². The van der Waals surface area contributed by atoms with Gasteiger partial charge < -0.3 is 9.47 Å². The van der Waals surface area contributed by atoms with Crippen LogP contribution < -0.4 is 4.90 Å². The number of aromatic nitrogens is 1. The van der Waals surface area contributed by atoms with E-state index in [9.17, 15) is 0 Å². The van der Waals surface area contributed by atoms with Crippen LogP contribution in [0.2, 0.25) is 0 Å². The number of hydrogen-bond donors (Lipinski definition) is 0. The molecule has 13 rings (SSSR count). The summed E-state index contributed by atoms with van der Waals surface area (Å²) in [7, 11) is 0. The number of rotatable bonds is 5. The Hall–Kier alpha value is -7.94. The van der Waals surface area contributed by atoms with Crippen molar-refractivity contribution in [2.75, 3.05) is 4.90 Å². The zero-order chi connectivity index (χ0) is 40.1. The van der Waals surface area contributed by atoms with E-state index in [1.165, 1.54) is 88.2 Å². The largest absolute Gasteiger partial charge is 0.310 e. The second-order valence-electron chi connectivity index (χ2n) is 16.4. The molecule has 2 heteroatoms. The summed E-state index contributed by atoms with van der Waals surface area (Å²) in [6, 6.07) is 85.3. The number of hydrogen-bond acceptors (Lipinski definition) is 1. The van der Waals surface area contributed by atoms with Gasteiger partial charge in [-0.1, -0.05) is 176 Å². The van der Waals surface area contributed by atoms with Gasteiger partial charge in [0.05, 0.1) is 22.1 Å². The predicted octanol–water partition coefficient (Wildman–Crippen LogP) is 15.4. The monoisotopic (exact) mass is 774 g/mol. The van der Waals surface area contributed by atoms with Crippen LogP contribution in [0.5, 0.6) is 0 Å². The fourth-order valence-electron chi connectivity index (χ4n) is 10.9. The molecule has 284 valence electrons. The highest BCUT2D eigenvalue weighted by Crippen LogP contribution is 2.64. The lowest BCUT2D eigenvalue weighted by Crippen LogP contribution is -2.26. The summed E-state index contributed by atoms with van der Waals surface area (Å²) in [6.45, 7) is 0. The van der Waals surface area contributed by atoms with Crippen LogP contribution in [-0.4, -0.2) is 4.57 Å². The van der Waals surface area contributed by atoms with Crippen LogP contribution in [-0.2, 0) is 5.41 Å². The zero-order valence-electron chi connectivity index (χ0n) is 33.3. The van der Waals surface area contributed by atoms with Gasteiger partial charge >= 0.3 is 0 Å². The molecule has 1 heterocycles. The molecule has 0 amide bonds. The molecule has 11 aromatic rings. The number of fused-ring (bicyclic) bond motifs is 14. The fourth-order valence-corrected chi connectivity index (χ4v) is 10.9. The molecule has 61 heavy (non-hydrogen) atoms. The Labute approximate surface area is 354 Å². The summed E-state index contributed by atoms with van der Waals surface area (Å²) in [5, 5.41) is 4.97. The van der Waals surface area contributed by atoms with Gasteiger partial charge in [0, 0.05) is 33.4 Å². The molecule has 1 spiro atoms. The van der Waals surface area contributed by atoms with Gasteiger partial charge in [-0.2, -0.15) is 0 Å². The minimum absolute atomic E-state index is 0.440. The van der Waals surface area contributed by atoms with Crippen molar-refractivity contribution in [2.24, 2.45) is 0 Å². The Morgan fingerprint density at radius 1 is 0.344 bits per heavy atom. The van der Waals surface area contributed by atoms with Crippen LogP contribution in [0.3, 0.4) is 0 Å². The molecule has 0 saturated heterocycles. The van der Waals surface area contributed by atoms with Crippen molar-refractivity contribution >= 4 is 49.6 Å². The molecule has 0 saturated carbocycles. The van der Waals surface area contributed by atoms with E-state index in [0.717, 1.165) is 22.7 Å². The van der Waals surface area contributed by atoms with Gasteiger partial charge in [0.15, 0.2) is 0 Å². The summed E-state index contributed by atoms with van der Waals surface area (Å²) in [6.07, 6.45) is 0. The highest BCUT2D eigenvalue weighted by molar-refractivity contribution is 6.11. The fraction of sp³-hybridized carbons (Fsp3) is 0.0169. The number of nitrogens with zero attached hydrogens (tertiary/aromatic N) is 2. The standard InChI is InChI=1S/C59H38N2/c1-2-17-43(18-3-1)61-55-27-13-9-21-48(55)49-36-35-45(38-57(49)61)60(44-33-31-40(32-34-44)42-30-29-39-15-4-5-16-41(39)37-42)56-28-14-26-54-58(56)50-22-8-12-25-53(50)59(54)51-23-10-6-19-46(51)47-20-7-11-24-52(47)59/h1-38H. The van der Waals surface area contributed by atoms with Crippen LogP contribution in [0.4, 0.5) is 17.1 Å². The van der Waals surface area contributed by atoms with Crippen molar-refractivity contribution in [3.05, 3.63) is 253 Å². The molecule has 0 radical (unpaired) electrons. The first kappa shape index (κ1) is 34.0. The summed E-state index contributed by atoms with van der Waals surface area (Å²) < 4.78 is 2.42. The Bertz CT molecular complexity index is 3490. The topological polar surface area (TPSA) is 8.17 Å². The van der Waals surface area contributed by atoms with Gasteiger partial charge in [0.1, 0.15) is 0 Å². The predicted molar refractivity (Wildman–Crippen MR) is 255 cm³/mol. The summed E-state index contributed by atoms with van der Waals surface area (Å²) in [5.41, 5.74) is 19.4. The molecule has 0 bridgehead atoms. The molecule has 1 aromatic heterocycles. The van der Waals surface area contributed by atoms with Crippen molar-refractivity contribution in [1.82, 2.24) is 4.57 Å². The van der Waals surface area contributed by atoms with Gasteiger partial charge in [0.2, 0.25) is 0 Å². The lowest BCUT2D eigenvalue weighted by molar-refractivity contribution is 0.794. The first-order chi connectivity index (χ1) is 30.3. The third-order valence-corrected chi connectivity index (χ3v) is 13.4. The Kier molecular flexibility index (Phi) is 7.26. The SMILES string of the molecule is c1ccc(-n2c3ccccc3c3ccc(N(c4ccc(-c5ccc6ccccc6c5)cc4)c4cccc5c4-c4ccccc4C54c5ccccc5-c5ccccc54)cc32)cc1. The van der Waals surface area contributed by atoms with E-state index in [0.29, 0.717) is 0 Å². The van der Waals surface area contributed by atoms with Crippen LogP contribution in [0.15, 0.2) is 231 Å². The quantitative estimate of drug-likeness (QED) is 0.169. The third-order valence-electron chi connectivity index (χ3n) is 13.4. The lowest BCUT2D eigenvalue weighted by Gasteiger charge is -2.32. The first-order valence-corrected chi connectivity index (χ1v) is 21.2. The first-order valence-electron chi connectivity index (χ1n) is 21.2. The molecule has 2 aliphatic rings. The Morgan fingerprint density at radius 2 is 0.918 bits per heavy atom. The molecule has 2 nitrogen and oxygen atoms in total. The average Bonchev–Trinajstić information content (AvgIpc) is 3.94. The second kappa shape index (κ2) is 13.0. The normalized spacial score (nSPS) is 13.0. The van der Waals surface area contributed by atoms with E-state index < -0.39 is 5.41 Å². The van der Waals surface area contributed by atoms with Crippen molar-refractivity contribution in [3.8, 4) is 39.1 Å². The van der Waals surface area contributed by atoms with Gasteiger partial charge in [-0.05, 0) is 115 Å². The molecule has 0 N–H and O–H groups in total. The van der Waals surface area contributed by atoms with Crippen molar-refractivity contribution < 1.29 is 0 Å². The van der Waals surface area contributed by atoms with Crippen molar-refractivity contribution in [1.29, 1.82) is 0 Å². The number of anilines is 3.